The first kappa shape index (κ1) is 11.2. The van der Waals surface area contributed by atoms with Crippen LogP contribution in [0.1, 0.15) is 11.1 Å². The summed E-state index contributed by atoms with van der Waals surface area (Å²) in [4.78, 5) is 17.4. The Bertz CT molecular complexity index is 578. The molecule has 0 radical (unpaired) electrons. The summed E-state index contributed by atoms with van der Waals surface area (Å²) >= 11 is 0. The van der Waals surface area contributed by atoms with Gasteiger partial charge in [0, 0.05) is 6.54 Å². The molecule has 0 spiro atoms. The summed E-state index contributed by atoms with van der Waals surface area (Å²) in [5.74, 6) is -0.290. The number of aromatic nitrogens is 2. The molecule has 0 saturated carbocycles. The molecule has 5 nitrogen and oxygen atoms in total. The fourth-order valence-corrected chi connectivity index (χ4v) is 1.56. The normalized spacial score (nSPS) is 10.2. The standard InChI is InChI=1S/C12H13N3O2/c1-8-3-2-4-9(5-8)6-13-10-11(16)14-7-15-12(10)17/h2-5,7,13H,6H2,1H3,(H2,14,15,16,17). The summed E-state index contributed by atoms with van der Waals surface area (Å²) in [5.41, 5.74) is 1.89. The molecule has 17 heavy (non-hydrogen) atoms. The van der Waals surface area contributed by atoms with E-state index in [1.807, 2.05) is 31.2 Å². The molecular weight excluding hydrogens is 218 g/mol. The van der Waals surface area contributed by atoms with Gasteiger partial charge in [-0.2, -0.15) is 0 Å². The minimum atomic E-state index is -0.384. The summed E-state index contributed by atoms with van der Waals surface area (Å²) in [6.45, 7) is 2.46. The Kier molecular flexibility index (Phi) is 3.09. The molecule has 0 aliphatic rings. The van der Waals surface area contributed by atoms with Crippen LogP contribution in [0.15, 0.2) is 35.4 Å². The Hall–Kier alpha value is -2.30. The van der Waals surface area contributed by atoms with Gasteiger partial charge < -0.3 is 15.4 Å². The fourth-order valence-electron chi connectivity index (χ4n) is 1.56. The van der Waals surface area contributed by atoms with Crippen LogP contribution in [0, 0.1) is 6.92 Å². The molecule has 0 aliphatic carbocycles. The van der Waals surface area contributed by atoms with E-state index in [-0.39, 0.29) is 17.1 Å². The molecule has 0 saturated heterocycles. The third kappa shape index (κ3) is 2.63. The molecule has 0 atom stereocenters. The zero-order valence-electron chi connectivity index (χ0n) is 9.40. The van der Waals surface area contributed by atoms with Crippen molar-refractivity contribution in [2.24, 2.45) is 0 Å². The summed E-state index contributed by atoms with van der Waals surface area (Å²) in [7, 11) is 0. The zero-order chi connectivity index (χ0) is 12.3. The van der Waals surface area contributed by atoms with Crippen LogP contribution in [0.25, 0.3) is 0 Å². The maximum atomic E-state index is 11.4. The van der Waals surface area contributed by atoms with Crippen LogP contribution in [0.3, 0.4) is 0 Å². The zero-order valence-corrected chi connectivity index (χ0v) is 9.40. The van der Waals surface area contributed by atoms with E-state index in [4.69, 9.17) is 0 Å². The van der Waals surface area contributed by atoms with E-state index in [0.29, 0.717) is 6.54 Å². The molecule has 0 aliphatic heterocycles. The minimum Gasteiger partial charge on any atom is -0.492 e. The highest BCUT2D eigenvalue weighted by Crippen LogP contribution is 2.14. The second-order valence-corrected chi connectivity index (χ2v) is 3.77. The van der Waals surface area contributed by atoms with Crippen molar-refractivity contribution in [2.75, 3.05) is 5.32 Å². The molecule has 5 heteroatoms. The van der Waals surface area contributed by atoms with Crippen molar-refractivity contribution < 1.29 is 5.11 Å². The monoisotopic (exact) mass is 231 g/mol. The van der Waals surface area contributed by atoms with Crippen LogP contribution in [0.4, 0.5) is 5.69 Å². The molecule has 1 aromatic carbocycles. The molecule has 2 aromatic rings. The maximum Gasteiger partial charge on any atom is 0.278 e. The molecule has 0 bridgehead atoms. The lowest BCUT2D eigenvalue weighted by atomic mass is 10.1. The first-order valence-electron chi connectivity index (χ1n) is 5.23. The number of aromatic hydroxyl groups is 1. The van der Waals surface area contributed by atoms with Crippen LogP contribution < -0.4 is 10.9 Å². The Morgan fingerprint density at radius 3 is 3.00 bits per heavy atom. The SMILES string of the molecule is Cc1cccc(CNc2c(O)nc[nH]c2=O)c1. The van der Waals surface area contributed by atoms with E-state index in [2.05, 4.69) is 15.3 Å². The third-order valence-electron chi connectivity index (χ3n) is 2.38. The van der Waals surface area contributed by atoms with Crippen molar-refractivity contribution in [3.63, 3.8) is 0 Å². The highest BCUT2D eigenvalue weighted by Gasteiger charge is 2.06. The van der Waals surface area contributed by atoms with Gasteiger partial charge in [-0.25, -0.2) is 4.98 Å². The predicted molar refractivity (Wildman–Crippen MR) is 65.0 cm³/mol. The van der Waals surface area contributed by atoms with Crippen LogP contribution in [-0.2, 0) is 6.54 Å². The molecule has 1 aromatic heterocycles. The largest absolute Gasteiger partial charge is 0.492 e. The summed E-state index contributed by atoms with van der Waals surface area (Å²) < 4.78 is 0. The van der Waals surface area contributed by atoms with E-state index >= 15 is 0 Å². The third-order valence-corrected chi connectivity index (χ3v) is 2.38. The lowest BCUT2D eigenvalue weighted by molar-refractivity contribution is 0.453. The van der Waals surface area contributed by atoms with Crippen molar-refractivity contribution in [1.29, 1.82) is 0 Å². The molecule has 0 unspecified atom stereocenters. The Balaban J connectivity index is 2.15. The average molecular weight is 231 g/mol. The van der Waals surface area contributed by atoms with E-state index in [0.717, 1.165) is 17.5 Å². The minimum absolute atomic E-state index is 0.0917. The quantitative estimate of drug-likeness (QED) is 0.746. The van der Waals surface area contributed by atoms with Crippen LogP contribution >= 0.6 is 0 Å². The topological polar surface area (TPSA) is 78.0 Å². The maximum absolute atomic E-state index is 11.4. The van der Waals surface area contributed by atoms with Crippen molar-refractivity contribution in [3.8, 4) is 5.88 Å². The van der Waals surface area contributed by atoms with Gasteiger partial charge in [0.25, 0.3) is 5.56 Å². The van der Waals surface area contributed by atoms with Crippen molar-refractivity contribution in [3.05, 3.63) is 52.1 Å². The fraction of sp³-hybridized carbons (Fsp3) is 0.167. The number of nitrogens with one attached hydrogen (secondary N) is 2. The first-order valence-corrected chi connectivity index (χ1v) is 5.23. The number of aryl methyl sites for hydroxylation is 1. The number of anilines is 1. The van der Waals surface area contributed by atoms with Crippen LogP contribution in [0.2, 0.25) is 0 Å². The Morgan fingerprint density at radius 1 is 1.47 bits per heavy atom. The van der Waals surface area contributed by atoms with Crippen molar-refractivity contribution in [2.45, 2.75) is 13.5 Å². The lowest BCUT2D eigenvalue weighted by Gasteiger charge is -2.06. The van der Waals surface area contributed by atoms with Crippen molar-refractivity contribution >= 4 is 5.69 Å². The molecular formula is C12H13N3O2. The molecule has 0 fully saturated rings. The van der Waals surface area contributed by atoms with Crippen LogP contribution in [0.5, 0.6) is 5.88 Å². The predicted octanol–water partition coefficient (Wildman–Crippen LogP) is 1.40. The summed E-state index contributed by atoms with van der Waals surface area (Å²) in [6.07, 6.45) is 1.16. The highest BCUT2D eigenvalue weighted by atomic mass is 16.3. The number of nitrogens with zero attached hydrogens (tertiary/aromatic N) is 1. The molecule has 3 N–H and O–H groups in total. The second kappa shape index (κ2) is 4.69. The van der Waals surface area contributed by atoms with Gasteiger partial charge in [-0.15, -0.1) is 0 Å². The van der Waals surface area contributed by atoms with Gasteiger partial charge in [0.15, 0.2) is 5.69 Å². The van der Waals surface area contributed by atoms with Gasteiger partial charge in [-0.3, -0.25) is 4.79 Å². The smallest absolute Gasteiger partial charge is 0.278 e. The second-order valence-electron chi connectivity index (χ2n) is 3.77. The van der Waals surface area contributed by atoms with E-state index in [9.17, 15) is 9.90 Å². The lowest BCUT2D eigenvalue weighted by Crippen LogP contribution is -2.14. The molecule has 88 valence electrons. The average Bonchev–Trinajstić information content (AvgIpc) is 2.28. The number of rotatable bonds is 3. The van der Waals surface area contributed by atoms with Gasteiger partial charge in [-0.1, -0.05) is 29.8 Å². The van der Waals surface area contributed by atoms with Crippen LogP contribution in [-0.4, -0.2) is 15.1 Å². The highest BCUT2D eigenvalue weighted by molar-refractivity contribution is 5.49. The number of aromatic amines is 1. The number of hydrogen-bond acceptors (Lipinski definition) is 4. The molecule has 2 rings (SSSR count). The van der Waals surface area contributed by atoms with Gasteiger partial charge in [-0.05, 0) is 12.5 Å². The van der Waals surface area contributed by atoms with Crippen molar-refractivity contribution in [1.82, 2.24) is 9.97 Å². The molecule has 0 amide bonds. The molecule has 1 heterocycles. The van der Waals surface area contributed by atoms with Gasteiger partial charge in [0.1, 0.15) is 0 Å². The van der Waals surface area contributed by atoms with E-state index < -0.39 is 0 Å². The first-order chi connectivity index (χ1) is 8.16. The Morgan fingerprint density at radius 2 is 2.29 bits per heavy atom. The Labute approximate surface area is 98.2 Å². The van der Waals surface area contributed by atoms with Gasteiger partial charge in [0.05, 0.1) is 6.33 Å². The van der Waals surface area contributed by atoms with Gasteiger partial charge in [0.2, 0.25) is 5.88 Å². The summed E-state index contributed by atoms with van der Waals surface area (Å²) in [6, 6.07) is 7.90. The van der Waals surface area contributed by atoms with Gasteiger partial charge >= 0.3 is 0 Å². The summed E-state index contributed by atoms with van der Waals surface area (Å²) in [5, 5.41) is 12.3. The van der Waals surface area contributed by atoms with E-state index in [1.54, 1.807) is 0 Å². The van der Waals surface area contributed by atoms with E-state index in [1.165, 1.54) is 0 Å². The number of H-pyrrole nitrogens is 1. The number of benzene rings is 1. The number of hydrogen-bond donors (Lipinski definition) is 3.